The van der Waals surface area contributed by atoms with Crippen LogP contribution in [-0.2, 0) is 19.1 Å². The van der Waals surface area contributed by atoms with Crippen LogP contribution in [0, 0.1) is 0 Å². The summed E-state index contributed by atoms with van der Waals surface area (Å²) in [6.45, 7) is -2.21. The standard InChI is InChI=1S/C14H24N2O14S/c15-9(23)11(25)13(27,7(21)5(19)3(1-17)29-11)31-14(28)8(22)6(20)4(2-18)30-12(14,26)10(16)24/h3-8,17-22,25-28H,1-2H2,(H2,15,23)(H2,16,24)/t3-,4-,5+,6+,7+,8+,11?,12?,13-,14-/m1/s1. The van der Waals surface area contributed by atoms with Crippen molar-refractivity contribution in [3.05, 3.63) is 0 Å². The molecule has 2 unspecified atom stereocenters. The number of thioether (sulfide) groups is 1. The molecule has 2 rings (SSSR count). The van der Waals surface area contributed by atoms with Crippen LogP contribution in [0.3, 0.4) is 0 Å². The van der Waals surface area contributed by atoms with Gasteiger partial charge in [0.1, 0.15) is 36.6 Å². The van der Waals surface area contributed by atoms with Crippen molar-refractivity contribution >= 4 is 23.6 Å². The average molecular weight is 476 g/mol. The zero-order valence-corrected chi connectivity index (χ0v) is 16.4. The van der Waals surface area contributed by atoms with Crippen LogP contribution >= 0.6 is 11.8 Å². The highest BCUT2D eigenvalue weighted by Gasteiger charge is 2.76. The number of primary amides is 2. The summed E-state index contributed by atoms with van der Waals surface area (Å²) in [6, 6.07) is 0. The first kappa shape index (κ1) is 26.1. The third kappa shape index (κ3) is 3.51. The largest absolute Gasteiger partial charge is 0.394 e. The average Bonchev–Trinajstić information content (AvgIpc) is 2.70. The van der Waals surface area contributed by atoms with Crippen molar-refractivity contribution in [1.82, 2.24) is 0 Å². The molecule has 0 spiro atoms. The molecule has 0 saturated carbocycles. The van der Waals surface area contributed by atoms with Gasteiger partial charge in [-0.25, -0.2) is 0 Å². The Morgan fingerprint density at radius 2 is 1.03 bits per heavy atom. The van der Waals surface area contributed by atoms with Crippen molar-refractivity contribution in [2.75, 3.05) is 13.2 Å². The van der Waals surface area contributed by atoms with E-state index in [0.29, 0.717) is 0 Å². The van der Waals surface area contributed by atoms with Crippen LogP contribution in [0.15, 0.2) is 0 Å². The molecule has 0 aliphatic carbocycles. The number of aliphatic hydroxyl groups is 10. The highest BCUT2D eigenvalue weighted by atomic mass is 32.2. The van der Waals surface area contributed by atoms with Crippen molar-refractivity contribution in [3.63, 3.8) is 0 Å². The van der Waals surface area contributed by atoms with Crippen molar-refractivity contribution in [2.24, 2.45) is 11.5 Å². The summed E-state index contributed by atoms with van der Waals surface area (Å²) in [4.78, 5) is 16.4. The number of hydrogen-bond donors (Lipinski definition) is 12. The summed E-state index contributed by atoms with van der Waals surface area (Å²) in [6.07, 6.45) is -13.7. The van der Waals surface area contributed by atoms with Gasteiger partial charge in [-0.2, -0.15) is 0 Å². The van der Waals surface area contributed by atoms with E-state index in [1.54, 1.807) is 0 Å². The zero-order valence-electron chi connectivity index (χ0n) is 15.5. The SMILES string of the molecule is NC(=O)C1(O)O[C@H](CO)[C@H](O)[C@H](O)[C@@]1(O)S[C@]1(O)[C@@H](O)[C@@H](O)[C@@H](CO)OC1(O)C(N)=O. The maximum Gasteiger partial charge on any atom is 0.290 e. The van der Waals surface area contributed by atoms with E-state index in [1.165, 1.54) is 0 Å². The van der Waals surface area contributed by atoms with Gasteiger partial charge in [0.05, 0.1) is 13.2 Å². The Balaban J connectivity index is 2.66. The molecule has 2 aliphatic heterocycles. The minimum atomic E-state index is -3.73. The Labute approximate surface area is 177 Å². The zero-order chi connectivity index (χ0) is 24.2. The molecule has 180 valence electrons. The van der Waals surface area contributed by atoms with E-state index in [0.717, 1.165) is 0 Å². The molecule has 0 bridgehead atoms. The molecule has 2 aliphatic rings. The Hall–Kier alpha value is -1.19. The smallest absolute Gasteiger partial charge is 0.290 e. The van der Waals surface area contributed by atoms with Crippen LogP contribution in [0.2, 0.25) is 0 Å². The highest BCUT2D eigenvalue weighted by molar-refractivity contribution is 8.02. The lowest BCUT2D eigenvalue weighted by Crippen LogP contribution is -2.80. The molecule has 0 aromatic carbocycles. The summed E-state index contributed by atoms with van der Waals surface area (Å²) in [5.41, 5.74) is 10.0. The molecule has 0 aromatic heterocycles. The molecular weight excluding hydrogens is 452 g/mol. The minimum Gasteiger partial charge on any atom is -0.394 e. The molecule has 2 amide bonds. The van der Waals surface area contributed by atoms with Gasteiger partial charge < -0.3 is 72.0 Å². The monoisotopic (exact) mass is 476 g/mol. The van der Waals surface area contributed by atoms with Crippen molar-refractivity contribution in [3.8, 4) is 0 Å². The number of nitrogens with two attached hydrogens (primary N) is 2. The number of amides is 2. The van der Waals surface area contributed by atoms with E-state index < -0.39 is 94.9 Å². The number of aliphatic hydroxyl groups excluding tert-OH is 6. The van der Waals surface area contributed by atoms with E-state index in [2.05, 4.69) is 0 Å². The van der Waals surface area contributed by atoms with Crippen molar-refractivity contribution in [1.29, 1.82) is 0 Å². The highest BCUT2D eigenvalue weighted by Crippen LogP contribution is 2.54. The maximum absolute atomic E-state index is 11.9. The van der Waals surface area contributed by atoms with Gasteiger partial charge in [0.15, 0.2) is 0 Å². The summed E-state index contributed by atoms with van der Waals surface area (Å²) in [5.74, 6) is -11.3. The van der Waals surface area contributed by atoms with Gasteiger partial charge in [-0.3, -0.25) is 9.59 Å². The third-order valence-electron chi connectivity index (χ3n) is 5.16. The molecule has 14 N–H and O–H groups in total. The third-order valence-corrected chi connectivity index (χ3v) is 6.82. The van der Waals surface area contributed by atoms with Gasteiger partial charge in [-0.15, -0.1) is 0 Å². The van der Waals surface area contributed by atoms with Gasteiger partial charge in [0.2, 0.25) is 9.87 Å². The van der Waals surface area contributed by atoms with E-state index >= 15 is 0 Å². The molecule has 10 atom stereocenters. The number of hydrogen-bond acceptors (Lipinski definition) is 15. The minimum absolute atomic E-state index is 0.758. The lowest BCUT2D eigenvalue weighted by Gasteiger charge is -2.56. The molecule has 16 nitrogen and oxygen atoms in total. The fourth-order valence-corrected chi connectivity index (χ4v) is 4.84. The lowest BCUT2D eigenvalue weighted by atomic mass is 9.90. The Kier molecular flexibility index (Phi) is 6.98. The molecule has 0 aromatic rings. The normalized spacial score (nSPS) is 50.8. The predicted molar refractivity (Wildman–Crippen MR) is 93.7 cm³/mol. The molecular formula is C14H24N2O14S. The first-order valence-electron chi connectivity index (χ1n) is 8.56. The number of carbonyl (C=O) groups excluding carboxylic acids is 2. The first-order valence-corrected chi connectivity index (χ1v) is 9.38. The Morgan fingerprint density at radius 3 is 1.26 bits per heavy atom. The molecule has 17 heteroatoms. The van der Waals surface area contributed by atoms with Crippen LogP contribution < -0.4 is 11.5 Å². The van der Waals surface area contributed by atoms with E-state index in [1.807, 2.05) is 0 Å². The molecule has 2 saturated heterocycles. The fraction of sp³-hybridized carbons (Fsp3) is 0.857. The van der Waals surface area contributed by atoms with Crippen LogP contribution in [-0.4, -0.2) is 134 Å². The van der Waals surface area contributed by atoms with Gasteiger partial charge in [-0.05, 0) is 0 Å². The van der Waals surface area contributed by atoms with E-state index in [9.17, 15) is 60.7 Å². The maximum atomic E-state index is 11.9. The van der Waals surface area contributed by atoms with Crippen LogP contribution in [0.4, 0.5) is 0 Å². The second-order valence-corrected chi connectivity index (χ2v) is 8.51. The lowest BCUT2D eigenvalue weighted by molar-refractivity contribution is -0.354. The molecule has 2 fully saturated rings. The van der Waals surface area contributed by atoms with Gasteiger partial charge >= 0.3 is 0 Å². The topological polar surface area (TPSA) is 307 Å². The number of carbonyl (C=O) groups is 2. The summed E-state index contributed by atoms with van der Waals surface area (Å²) in [7, 11) is 0. The molecule has 2 heterocycles. The van der Waals surface area contributed by atoms with E-state index in [-0.39, 0.29) is 0 Å². The first-order chi connectivity index (χ1) is 14.1. The summed E-state index contributed by atoms with van der Waals surface area (Å²) >= 11 is -0.758. The van der Waals surface area contributed by atoms with Crippen molar-refractivity contribution in [2.45, 2.75) is 58.1 Å². The quantitative estimate of drug-likeness (QED) is 0.158. The number of rotatable bonds is 6. The van der Waals surface area contributed by atoms with Gasteiger partial charge in [0.25, 0.3) is 23.4 Å². The predicted octanol–water partition coefficient (Wildman–Crippen LogP) is -8.33. The second kappa shape index (κ2) is 8.30. The van der Waals surface area contributed by atoms with Gasteiger partial charge in [-0.1, -0.05) is 11.8 Å². The summed E-state index contributed by atoms with van der Waals surface area (Å²) < 4.78 is 9.44. The van der Waals surface area contributed by atoms with Crippen molar-refractivity contribution < 1.29 is 70.1 Å². The van der Waals surface area contributed by atoms with Crippen LogP contribution in [0.1, 0.15) is 0 Å². The summed E-state index contributed by atoms with van der Waals surface area (Å²) in [5, 5.41) is 102. The van der Waals surface area contributed by atoms with Gasteiger partial charge in [0, 0.05) is 0 Å². The van der Waals surface area contributed by atoms with Crippen LogP contribution in [0.5, 0.6) is 0 Å². The van der Waals surface area contributed by atoms with Crippen LogP contribution in [0.25, 0.3) is 0 Å². The number of ether oxygens (including phenoxy) is 2. The fourth-order valence-electron chi connectivity index (χ4n) is 3.27. The van der Waals surface area contributed by atoms with E-state index in [4.69, 9.17) is 20.9 Å². The Morgan fingerprint density at radius 1 is 0.742 bits per heavy atom. The Bertz CT molecular complexity index is 673. The molecule has 31 heavy (non-hydrogen) atoms. The molecule has 0 radical (unpaired) electrons. The second-order valence-electron chi connectivity index (χ2n) is 7.06.